The summed E-state index contributed by atoms with van der Waals surface area (Å²) in [5, 5.41) is 1.37. The summed E-state index contributed by atoms with van der Waals surface area (Å²) in [6.07, 6.45) is 1.83. The van der Waals surface area contributed by atoms with Gasteiger partial charge in [0.2, 0.25) is 0 Å². The topological polar surface area (TPSA) is 34.9 Å². The first kappa shape index (κ1) is 15.3. The Balaban J connectivity index is 2.08. The number of thiophene rings is 1. The van der Waals surface area contributed by atoms with E-state index in [1.165, 1.54) is 17.3 Å². The van der Waals surface area contributed by atoms with Gasteiger partial charge in [-0.25, -0.2) is 4.98 Å². The molecule has 0 saturated heterocycles. The predicted molar refractivity (Wildman–Crippen MR) is 96.0 cm³/mol. The molecule has 0 spiro atoms. The Labute approximate surface area is 141 Å². The third-order valence-electron chi connectivity index (χ3n) is 3.19. The molecule has 6 heteroatoms. The summed E-state index contributed by atoms with van der Waals surface area (Å²) in [4.78, 5) is 19.0. The lowest BCUT2D eigenvalue weighted by Gasteiger charge is -2.04. The fraction of sp³-hybridized carbons (Fsp3) is 0.125. The predicted octanol–water partition coefficient (Wildman–Crippen LogP) is 4.51. The smallest absolute Gasteiger partial charge is 0.262 e. The molecule has 0 aliphatic carbocycles. The van der Waals surface area contributed by atoms with Gasteiger partial charge in [-0.1, -0.05) is 59.8 Å². The van der Waals surface area contributed by atoms with Crippen molar-refractivity contribution in [3.8, 4) is 10.4 Å². The monoisotopic (exact) mass is 348 g/mol. The molecule has 1 aromatic carbocycles. The average Bonchev–Trinajstić information content (AvgIpc) is 2.97. The molecule has 3 aromatic rings. The van der Waals surface area contributed by atoms with Gasteiger partial charge in [-0.3, -0.25) is 9.36 Å². The first-order valence-corrected chi connectivity index (χ1v) is 8.88. The number of halogens is 1. The van der Waals surface area contributed by atoms with Crippen molar-refractivity contribution in [3.63, 3.8) is 0 Å². The van der Waals surface area contributed by atoms with Gasteiger partial charge in [-0.2, -0.15) is 0 Å². The number of hydrogen-bond donors (Lipinski definition) is 0. The SMILES string of the molecule is Cn1c(SC/C=C/Cl)nc2sc(-c3ccccc3)cc2c1=O. The summed E-state index contributed by atoms with van der Waals surface area (Å²) in [7, 11) is 1.75. The highest BCUT2D eigenvalue weighted by atomic mass is 35.5. The molecule has 0 unspecified atom stereocenters. The van der Waals surface area contributed by atoms with Crippen LogP contribution in [-0.2, 0) is 7.05 Å². The second-order valence-electron chi connectivity index (χ2n) is 4.63. The number of nitrogens with zero attached hydrogens (tertiary/aromatic N) is 2. The molecule has 3 rings (SSSR count). The number of rotatable bonds is 4. The molecule has 2 heterocycles. The van der Waals surface area contributed by atoms with Crippen molar-refractivity contribution in [1.29, 1.82) is 0 Å². The molecule has 0 aliphatic rings. The summed E-state index contributed by atoms with van der Waals surface area (Å²) >= 11 is 8.56. The molecule has 0 atom stereocenters. The fourth-order valence-corrected chi connectivity index (χ4v) is 4.13. The average molecular weight is 349 g/mol. The summed E-state index contributed by atoms with van der Waals surface area (Å²) in [6, 6.07) is 12.0. The van der Waals surface area contributed by atoms with E-state index in [1.807, 2.05) is 42.5 Å². The van der Waals surface area contributed by atoms with Crippen molar-refractivity contribution in [2.45, 2.75) is 5.16 Å². The molecule has 112 valence electrons. The molecule has 0 amide bonds. The van der Waals surface area contributed by atoms with Crippen molar-refractivity contribution in [3.05, 3.63) is 58.4 Å². The van der Waals surface area contributed by atoms with Crippen LogP contribution < -0.4 is 5.56 Å². The van der Waals surface area contributed by atoms with Gasteiger partial charge in [0, 0.05) is 23.2 Å². The lowest BCUT2D eigenvalue weighted by Crippen LogP contribution is -2.19. The zero-order valence-electron chi connectivity index (χ0n) is 11.8. The minimum Gasteiger partial charge on any atom is -0.290 e. The zero-order chi connectivity index (χ0) is 15.5. The summed E-state index contributed by atoms with van der Waals surface area (Å²) in [5.41, 5.74) is 2.56. The van der Waals surface area contributed by atoms with Crippen LogP contribution in [0.25, 0.3) is 20.7 Å². The van der Waals surface area contributed by atoms with E-state index >= 15 is 0 Å². The van der Waals surface area contributed by atoms with Crippen molar-refractivity contribution in [1.82, 2.24) is 9.55 Å². The number of aromatic nitrogens is 2. The highest BCUT2D eigenvalue weighted by Gasteiger charge is 2.12. The second-order valence-corrected chi connectivity index (χ2v) is 6.90. The lowest BCUT2D eigenvalue weighted by molar-refractivity contribution is 0.729. The van der Waals surface area contributed by atoms with E-state index in [4.69, 9.17) is 11.6 Å². The lowest BCUT2D eigenvalue weighted by atomic mass is 10.2. The van der Waals surface area contributed by atoms with E-state index in [2.05, 4.69) is 4.98 Å². The quantitative estimate of drug-likeness (QED) is 0.514. The van der Waals surface area contributed by atoms with Gasteiger partial charge in [0.05, 0.1) is 5.39 Å². The van der Waals surface area contributed by atoms with Crippen LogP contribution in [0.15, 0.2) is 58.0 Å². The van der Waals surface area contributed by atoms with E-state index in [0.717, 1.165) is 15.3 Å². The van der Waals surface area contributed by atoms with Crippen molar-refractivity contribution in [2.24, 2.45) is 7.05 Å². The standard InChI is InChI=1S/C16H13ClN2OS2/c1-19-15(20)12-10-13(11-6-3-2-4-7-11)22-14(12)18-16(19)21-9-5-8-17/h2-8,10H,9H2,1H3/b8-5+. The first-order chi connectivity index (χ1) is 10.7. The van der Waals surface area contributed by atoms with Crippen LogP contribution >= 0.6 is 34.7 Å². The molecule has 22 heavy (non-hydrogen) atoms. The third-order valence-corrected chi connectivity index (χ3v) is 5.43. The zero-order valence-corrected chi connectivity index (χ0v) is 14.2. The van der Waals surface area contributed by atoms with E-state index in [1.54, 1.807) is 23.0 Å². The second kappa shape index (κ2) is 6.69. The van der Waals surface area contributed by atoms with Crippen LogP contribution in [0.4, 0.5) is 0 Å². The minimum absolute atomic E-state index is 0.0132. The van der Waals surface area contributed by atoms with Gasteiger partial charge >= 0.3 is 0 Å². The van der Waals surface area contributed by atoms with Crippen molar-refractivity contribution >= 4 is 44.9 Å². The number of benzene rings is 1. The largest absolute Gasteiger partial charge is 0.290 e. The van der Waals surface area contributed by atoms with Crippen LogP contribution in [-0.4, -0.2) is 15.3 Å². The van der Waals surface area contributed by atoms with Crippen LogP contribution in [0.1, 0.15) is 0 Å². The first-order valence-electron chi connectivity index (χ1n) is 6.64. The van der Waals surface area contributed by atoms with E-state index in [-0.39, 0.29) is 5.56 Å². The van der Waals surface area contributed by atoms with Gasteiger partial charge in [-0.15, -0.1) is 11.3 Å². The van der Waals surface area contributed by atoms with Crippen LogP contribution in [0.3, 0.4) is 0 Å². The Morgan fingerprint density at radius 2 is 2.14 bits per heavy atom. The minimum atomic E-state index is -0.0132. The molecule has 0 bridgehead atoms. The van der Waals surface area contributed by atoms with E-state index in [0.29, 0.717) is 16.3 Å². The third kappa shape index (κ3) is 2.97. The molecule has 0 aliphatic heterocycles. The highest BCUT2D eigenvalue weighted by Crippen LogP contribution is 2.31. The van der Waals surface area contributed by atoms with Crippen LogP contribution in [0, 0.1) is 0 Å². The van der Waals surface area contributed by atoms with Crippen LogP contribution in [0.2, 0.25) is 0 Å². The number of fused-ring (bicyclic) bond motifs is 1. The molecular weight excluding hydrogens is 336 g/mol. The van der Waals surface area contributed by atoms with E-state index < -0.39 is 0 Å². The molecular formula is C16H13ClN2OS2. The Kier molecular flexibility index (Phi) is 4.66. The maximum absolute atomic E-state index is 12.5. The molecule has 0 radical (unpaired) electrons. The normalized spacial score (nSPS) is 11.5. The Morgan fingerprint density at radius 1 is 1.36 bits per heavy atom. The highest BCUT2D eigenvalue weighted by molar-refractivity contribution is 7.99. The number of thioether (sulfide) groups is 1. The molecule has 3 nitrogen and oxygen atoms in total. The molecule has 0 N–H and O–H groups in total. The van der Waals surface area contributed by atoms with Crippen LogP contribution in [0.5, 0.6) is 0 Å². The van der Waals surface area contributed by atoms with Gasteiger partial charge in [0.15, 0.2) is 5.16 Å². The van der Waals surface area contributed by atoms with Crippen molar-refractivity contribution in [2.75, 3.05) is 5.75 Å². The fourth-order valence-electron chi connectivity index (χ4n) is 2.08. The summed E-state index contributed by atoms with van der Waals surface area (Å²) < 4.78 is 1.59. The maximum atomic E-state index is 12.5. The van der Waals surface area contributed by atoms with Gasteiger partial charge in [-0.05, 0) is 11.6 Å². The Hall–Kier alpha value is -1.56. The maximum Gasteiger partial charge on any atom is 0.262 e. The molecule has 0 fully saturated rings. The number of hydrogen-bond acceptors (Lipinski definition) is 4. The molecule has 2 aromatic heterocycles. The van der Waals surface area contributed by atoms with E-state index in [9.17, 15) is 4.79 Å². The van der Waals surface area contributed by atoms with Gasteiger partial charge in [0.1, 0.15) is 4.83 Å². The summed E-state index contributed by atoms with van der Waals surface area (Å²) in [5.74, 6) is 0.687. The summed E-state index contributed by atoms with van der Waals surface area (Å²) in [6.45, 7) is 0. The van der Waals surface area contributed by atoms with Gasteiger partial charge < -0.3 is 0 Å². The van der Waals surface area contributed by atoms with Gasteiger partial charge in [0.25, 0.3) is 5.56 Å². The molecule has 0 saturated carbocycles. The Bertz CT molecular complexity index is 884. The van der Waals surface area contributed by atoms with Crippen molar-refractivity contribution < 1.29 is 0 Å². The Morgan fingerprint density at radius 3 is 2.86 bits per heavy atom.